The lowest BCUT2D eigenvalue weighted by molar-refractivity contribution is -0.00800. The quantitative estimate of drug-likeness (QED) is 0.669. The van der Waals surface area contributed by atoms with Crippen LogP contribution in [-0.2, 0) is 4.74 Å². The number of nitrogens with zero attached hydrogens (tertiary/aromatic N) is 1. The van der Waals surface area contributed by atoms with Crippen molar-refractivity contribution in [2.75, 3.05) is 13.2 Å². The lowest BCUT2D eigenvalue weighted by Gasteiger charge is -2.39. The fraction of sp³-hybridized carbons (Fsp3) is 1.00. The SMILES string of the molecule is CC(C)N(C(C)C)C1CCCOC1. The number of rotatable bonds is 3. The number of hydrogen-bond acceptors (Lipinski definition) is 2. The van der Waals surface area contributed by atoms with E-state index >= 15 is 0 Å². The molecule has 0 aromatic rings. The summed E-state index contributed by atoms with van der Waals surface area (Å²) in [5.41, 5.74) is 0. The summed E-state index contributed by atoms with van der Waals surface area (Å²) in [6.45, 7) is 11.0. The highest BCUT2D eigenvalue weighted by molar-refractivity contribution is 4.79. The van der Waals surface area contributed by atoms with Crippen molar-refractivity contribution in [3.63, 3.8) is 0 Å². The highest BCUT2D eigenvalue weighted by Crippen LogP contribution is 2.18. The highest BCUT2D eigenvalue weighted by atomic mass is 16.5. The first-order valence-corrected chi connectivity index (χ1v) is 5.48. The second kappa shape index (κ2) is 4.97. The fourth-order valence-corrected chi connectivity index (χ4v) is 2.40. The number of hydrogen-bond donors (Lipinski definition) is 0. The summed E-state index contributed by atoms with van der Waals surface area (Å²) in [5, 5.41) is 0. The van der Waals surface area contributed by atoms with Crippen molar-refractivity contribution in [3.05, 3.63) is 0 Å². The van der Waals surface area contributed by atoms with E-state index in [1.807, 2.05) is 0 Å². The summed E-state index contributed by atoms with van der Waals surface area (Å²) in [7, 11) is 0. The molecule has 1 heterocycles. The van der Waals surface area contributed by atoms with Crippen LogP contribution in [0.2, 0.25) is 0 Å². The molecule has 2 heteroatoms. The summed E-state index contributed by atoms with van der Waals surface area (Å²) < 4.78 is 5.52. The van der Waals surface area contributed by atoms with Gasteiger partial charge in [-0.05, 0) is 40.5 Å². The Morgan fingerprint density at radius 3 is 2.15 bits per heavy atom. The van der Waals surface area contributed by atoms with E-state index in [2.05, 4.69) is 32.6 Å². The van der Waals surface area contributed by atoms with Crippen LogP contribution < -0.4 is 0 Å². The van der Waals surface area contributed by atoms with Crippen LogP contribution in [0.4, 0.5) is 0 Å². The molecule has 0 bridgehead atoms. The minimum Gasteiger partial charge on any atom is -0.380 e. The van der Waals surface area contributed by atoms with E-state index in [9.17, 15) is 0 Å². The minimum atomic E-state index is 0.631. The molecule has 0 N–H and O–H groups in total. The van der Waals surface area contributed by atoms with Crippen molar-refractivity contribution >= 4 is 0 Å². The van der Waals surface area contributed by atoms with E-state index < -0.39 is 0 Å². The summed E-state index contributed by atoms with van der Waals surface area (Å²) >= 11 is 0. The van der Waals surface area contributed by atoms with E-state index in [0.717, 1.165) is 13.2 Å². The third kappa shape index (κ3) is 2.96. The van der Waals surface area contributed by atoms with Crippen LogP contribution in [-0.4, -0.2) is 36.2 Å². The largest absolute Gasteiger partial charge is 0.380 e. The van der Waals surface area contributed by atoms with Crippen molar-refractivity contribution in [1.82, 2.24) is 4.90 Å². The van der Waals surface area contributed by atoms with E-state index in [4.69, 9.17) is 4.74 Å². The zero-order valence-electron chi connectivity index (χ0n) is 9.42. The molecular weight excluding hydrogens is 162 g/mol. The molecule has 1 saturated heterocycles. The molecule has 0 aromatic heterocycles. The fourth-order valence-electron chi connectivity index (χ4n) is 2.40. The molecule has 13 heavy (non-hydrogen) atoms. The zero-order chi connectivity index (χ0) is 9.84. The van der Waals surface area contributed by atoms with Gasteiger partial charge in [-0.3, -0.25) is 4.90 Å². The van der Waals surface area contributed by atoms with Crippen molar-refractivity contribution in [1.29, 1.82) is 0 Å². The molecule has 1 aliphatic rings. The first-order chi connectivity index (χ1) is 6.13. The molecule has 0 saturated carbocycles. The van der Waals surface area contributed by atoms with Crippen LogP contribution in [0.5, 0.6) is 0 Å². The van der Waals surface area contributed by atoms with Gasteiger partial charge in [0.15, 0.2) is 0 Å². The average Bonchev–Trinajstić information content (AvgIpc) is 2.04. The molecule has 0 radical (unpaired) electrons. The third-order valence-corrected chi connectivity index (χ3v) is 2.75. The predicted octanol–water partition coefficient (Wildman–Crippen LogP) is 2.28. The van der Waals surface area contributed by atoms with Crippen LogP contribution in [0.3, 0.4) is 0 Å². The van der Waals surface area contributed by atoms with E-state index in [-0.39, 0.29) is 0 Å². The monoisotopic (exact) mass is 185 g/mol. The lowest BCUT2D eigenvalue weighted by atomic mass is 10.0. The van der Waals surface area contributed by atoms with Crippen LogP contribution in [0.25, 0.3) is 0 Å². The van der Waals surface area contributed by atoms with Gasteiger partial charge in [-0.1, -0.05) is 0 Å². The van der Waals surface area contributed by atoms with Crippen LogP contribution >= 0.6 is 0 Å². The Balaban J connectivity index is 2.52. The Morgan fingerprint density at radius 1 is 1.15 bits per heavy atom. The van der Waals surface area contributed by atoms with E-state index in [1.165, 1.54) is 12.8 Å². The van der Waals surface area contributed by atoms with Gasteiger partial charge < -0.3 is 4.74 Å². The molecule has 1 fully saturated rings. The average molecular weight is 185 g/mol. The van der Waals surface area contributed by atoms with Crippen molar-refractivity contribution < 1.29 is 4.74 Å². The maximum Gasteiger partial charge on any atom is 0.0622 e. The molecule has 1 atom stereocenters. The maximum atomic E-state index is 5.52. The van der Waals surface area contributed by atoms with Crippen LogP contribution in [0, 0.1) is 0 Å². The van der Waals surface area contributed by atoms with Gasteiger partial charge in [0.25, 0.3) is 0 Å². The van der Waals surface area contributed by atoms with Gasteiger partial charge >= 0.3 is 0 Å². The first-order valence-electron chi connectivity index (χ1n) is 5.48. The third-order valence-electron chi connectivity index (χ3n) is 2.75. The molecule has 0 aliphatic carbocycles. The smallest absolute Gasteiger partial charge is 0.0622 e. The zero-order valence-corrected chi connectivity index (χ0v) is 9.42. The van der Waals surface area contributed by atoms with Gasteiger partial charge in [0, 0.05) is 24.7 Å². The van der Waals surface area contributed by atoms with Crippen LogP contribution in [0.1, 0.15) is 40.5 Å². The van der Waals surface area contributed by atoms with E-state index in [1.54, 1.807) is 0 Å². The first kappa shape index (κ1) is 11.0. The predicted molar refractivity (Wildman–Crippen MR) is 56.0 cm³/mol. The number of ether oxygens (including phenoxy) is 1. The van der Waals surface area contributed by atoms with Crippen molar-refractivity contribution in [2.45, 2.75) is 58.7 Å². The molecular formula is C11H23NO. The summed E-state index contributed by atoms with van der Waals surface area (Å²) in [6, 6.07) is 1.91. The summed E-state index contributed by atoms with van der Waals surface area (Å²) in [5.74, 6) is 0. The van der Waals surface area contributed by atoms with Crippen molar-refractivity contribution in [3.8, 4) is 0 Å². The molecule has 78 valence electrons. The molecule has 2 nitrogen and oxygen atoms in total. The molecule has 1 aliphatic heterocycles. The Labute approximate surface area is 82.3 Å². The van der Waals surface area contributed by atoms with Gasteiger partial charge in [0.05, 0.1) is 6.61 Å². The molecule has 0 spiro atoms. The highest BCUT2D eigenvalue weighted by Gasteiger charge is 2.25. The van der Waals surface area contributed by atoms with Gasteiger partial charge in [-0.15, -0.1) is 0 Å². The van der Waals surface area contributed by atoms with Crippen molar-refractivity contribution in [2.24, 2.45) is 0 Å². The molecule has 0 aromatic carbocycles. The Hall–Kier alpha value is -0.0800. The Bertz CT molecular complexity index is 131. The summed E-state index contributed by atoms with van der Waals surface area (Å²) in [6.07, 6.45) is 2.52. The Morgan fingerprint density at radius 2 is 1.77 bits per heavy atom. The van der Waals surface area contributed by atoms with Gasteiger partial charge in [-0.25, -0.2) is 0 Å². The second-order valence-electron chi connectivity index (χ2n) is 4.51. The van der Waals surface area contributed by atoms with Gasteiger partial charge in [0.2, 0.25) is 0 Å². The standard InChI is InChI=1S/C11H23NO/c1-9(2)12(10(3)4)11-6-5-7-13-8-11/h9-11H,5-8H2,1-4H3. The Kier molecular flexibility index (Phi) is 4.20. The molecule has 0 amide bonds. The molecule has 1 rings (SSSR count). The van der Waals surface area contributed by atoms with Crippen LogP contribution in [0.15, 0.2) is 0 Å². The second-order valence-corrected chi connectivity index (χ2v) is 4.51. The van der Waals surface area contributed by atoms with Gasteiger partial charge in [0.1, 0.15) is 0 Å². The summed E-state index contributed by atoms with van der Waals surface area (Å²) in [4.78, 5) is 2.57. The normalized spacial score (nSPS) is 24.7. The molecule has 1 unspecified atom stereocenters. The van der Waals surface area contributed by atoms with E-state index in [0.29, 0.717) is 18.1 Å². The lowest BCUT2D eigenvalue weighted by Crippen LogP contribution is -2.48. The maximum absolute atomic E-state index is 5.52. The van der Waals surface area contributed by atoms with Gasteiger partial charge in [-0.2, -0.15) is 0 Å². The minimum absolute atomic E-state index is 0.631. The topological polar surface area (TPSA) is 12.5 Å².